The molecule has 1 aromatic carbocycles. The van der Waals surface area contributed by atoms with Gasteiger partial charge in [-0.15, -0.1) is 0 Å². The highest BCUT2D eigenvalue weighted by Gasteiger charge is 2.50. The molecule has 0 radical (unpaired) electrons. The maximum Gasteiger partial charge on any atom is 0.408 e. The molecule has 2 aromatic heterocycles. The van der Waals surface area contributed by atoms with Crippen LogP contribution in [-0.2, 0) is 16.1 Å². The molecule has 2 saturated carbocycles. The summed E-state index contributed by atoms with van der Waals surface area (Å²) in [7, 11) is 1.47. The van der Waals surface area contributed by atoms with Crippen molar-refractivity contribution in [2.75, 3.05) is 13.7 Å². The monoisotopic (exact) mass is 572 g/mol. The molecule has 3 aliphatic rings. The SMILES string of the molecule is CCn1nccc1C(=O)N[C@H](c1nc2ccc(C(COC)C3C[C@@H](C(F)(F)F)NC3=O)cc2[nH]1)C(C1CC1)C1CC1. The molecule has 3 aromatic rings. The number of imidazole rings is 1. The van der Waals surface area contributed by atoms with E-state index in [2.05, 4.69) is 20.7 Å². The third-order valence-corrected chi connectivity index (χ3v) is 8.87. The number of nitrogens with one attached hydrogen (secondary N) is 3. The number of ether oxygens (including phenoxy) is 1. The maximum atomic E-state index is 13.4. The van der Waals surface area contributed by atoms with Gasteiger partial charge in [-0.2, -0.15) is 18.3 Å². The number of aryl methyl sites for hydroxylation is 1. The van der Waals surface area contributed by atoms with Gasteiger partial charge in [0.15, 0.2) is 0 Å². The number of hydrogen-bond donors (Lipinski definition) is 3. The number of fused-ring (bicyclic) bond motifs is 1. The first-order chi connectivity index (χ1) is 19.7. The number of benzene rings is 1. The first-order valence-corrected chi connectivity index (χ1v) is 14.4. The van der Waals surface area contributed by atoms with E-state index in [1.165, 1.54) is 7.11 Å². The Hall–Kier alpha value is -3.41. The van der Waals surface area contributed by atoms with Gasteiger partial charge >= 0.3 is 6.18 Å². The second-order valence-corrected chi connectivity index (χ2v) is 11.6. The van der Waals surface area contributed by atoms with Crippen LogP contribution in [0.5, 0.6) is 0 Å². The van der Waals surface area contributed by atoms with E-state index in [0.29, 0.717) is 46.5 Å². The number of carbonyl (C=O) groups is 2. The Morgan fingerprint density at radius 3 is 2.54 bits per heavy atom. The van der Waals surface area contributed by atoms with Crippen LogP contribution in [0.3, 0.4) is 0 Å². The molecule has 4 atom stereocenters. The molecule has 3 N–H and O–H groups in total. The van der Waals surface area contributed by atoms with Crippen molar-refractivity contribution < 1.29 is 27.5 Å². The number of methoxy groups -OCH3 is 1. The summed E-state index contributed by atoms with van der Waals surface area (Å²) in [6.45, 7) is 2.61. The number of carbonyl (C=O) groups excluding carboxylic acids is 2. The third kappa shape index (κ3) is 5.58. The van der Waals surface area contributed by atoms with E-state index in [1.54, 1.807) is 23.0 Å². The van der Waals surface area contributed by atoms with Gasteiger partial charge in [0, 0.05) is 31.7 Å². The summed E-state index contributed by atoms with van der Waals surface area (Å²) in [6.07, 6.45) is 1.30. The molecule has 0 bridgehead atoms. The maximum absolute atomic E-state index is 13.4. The highest BCUT2D eigenvalue weighted by atomic mass is 19.4. The Morgan fingerprint density at radius 2 is 1.93 bits per heavy atom. The van der Waals surface area contributed by atoms with Crippen molar-refractivity contribution in [1.29, 1.82) is 0 Å². The Bertz CT molecular complexity index is 1410. The summed E-state index contributed by atoms with van der Waals surface area (Å²) in [5.41, 5.74) is 2.58. The molecule has 9 nitrogen and oxygen atoms in total. The Labute approximate surface area is 235 Å². The summed E-state index contributed by atoms with van der Waals surface area (Å²) in [5.74, 6) is -0.262. The summed E-state index contributed by atoms with van der Waals surface area (Å²) in [5, 5.41) is 9.61. The molecule has 1 aliphatic heterocycles. The van der Waals surface area contributed by atoms with E-state index in [0.717, 1.165) is 25.7 Å². The number of rotatable bonds is 11. The third-order valence-electron chi connectivity index (χ3n) is 8.87. The zero-order chi connectivity index (χ0) is 28.9. The molecule has 6 rings (SSSR count). The average Bonchev–Trinajstić information content (AvgIpc) is 3.82. The van der Waals surface area contributed by atoms with Crippen LogP contribution in [0, 0.1) is 23.7 Å². The van der Waals surface area contributed by atoms with Gasteiger partial charge in [-0.05, 0) is 80.5 Å². The molecule has 12 heteroatoms. The highest BCUT2D eigenvalue weighted by molar-refractivity contribution is 5.92. The van der Waals surface area contributed by atoms with Crippen molar-refractivity contribution in [3.05, 3.63) is 47.5 Å². The second-order valence-electron chi connectivity index (χ2n) is 11.6. The number of aromatic nitrogens is 4. The van der Waals surface area contributed by atoms with Crippen LogP contribution in [0.4, 0.5) is 13.2 Å². The van der Waals surface area contributed by atoms with E-state index in [9.17, 15) is 22.8 Å². The lowest BCUT2D eigenvalue weighted by Gasteiger charge is -2.27. The molecular formula is C29H35F3N6O3. The molecule has 41 heavy (non-hydrogen) atoms. The summed E-state index contributed by atoms with van der Waals surface area (Å²) in [4.78, 5) is 34.3. The molecule has 220 valence electrons. The lowest BCUT2D eigenvalue weighted by molar-refractivity contribution is -0.155. The topological polar surface area (TPSA) is 114 Å². The average molecular weight is 573 g/mol. The number of aromatic amines is 1. The molecule has 3 fully saturated rings. The molecule has 3 heterocycles. The van der Waals surface area contributed by atoms with Crippen molar-refractivity contribution in [2.45, 2.75) is 69.8 Å². The predicted molar refractivity (Wildman–Crippen MR) is 144 cm³/mol. The van der Waals surface area contributed by atoms with Crippen LogP contribution in [0.15, 0.2) is 30.5 Å². The minimum absolute atomic E-state index is 0.102. The van der Waals surface area contributed by atoms with Gasteiger partial charge in [-0.3, -0.25) is 14.3 Å². The van der Waals surface area contributed by atoms with Gasteiger partial charge < -0.3 is 20.4 Å². The van der Waals surface area contributed by atoms with Crippen molar-refractivity contribution in [2.24, 2.45) is 23.7 Å². The van der Waals surface area contributed by atoms with E-state index >= 15 is 0 Å². The largest absolute Gasteiger partial charge is 0.408 e. The smallest absolute Gasteiger partial charge is 0.384 e. The Balaban J connectivity index is 1.31. The van der Waals surface area contributed by atoms with E-state index in [4.69, 9.17) is 9.72 Å². The fraction of sp³-hybridized carbons (Fsp3) is 0.586. The number of amides is 2. The fourth-order valence-electron chi connectivity index (χ4n) is 6.54. The van der Waals surface area contributed by atoms with Gasteiger partial charge in [-0.25, -0.2) is 4.98 Å². The highest BCUT2D eigenvalue weighted by Crippen LogP contribution is 2.54. The zero-order valence-electron chi connectivity index (χ0n) is 23.1. The normalized spacial score (nSPS) is 22.7. The van der Waals surface area contributed by atoms with Crippen molar-refractivity contribution in [3.63, 3.8) is 0 Å². The molecule has 0 spiro atoms. The van der Waals surface area contributed by atoms with Crippen LogP contribution < -0.4 is 10.6 Å². The molecular weight excluding hydrogens is 537 g/mol. The van der Waals surface area contributed by atoms with Crippen LogP contribution in [0.1, 0.15) is 72.9 Å². The second kappa shape index (κ2) is 10.8. The standard InChI is InChI=1S/C29H35F3N6O3/c1-3-38-22(10-11-33-38)28(40)37-25(24(15-4-5-15)16-6-7-16)26-34-20-9-8-17(12-21(20)35-26)19(14-41-2)18-13-23(29(30,31)32)36-27(18)39/h8-12,15-16,18-19,23-25H,3-7,13-14H2,1-2H3,(H,34,35)(H,36,39)(H,37,40)/t18?,19?,23-,25-/m0/s1. The fourth-order valence-corrected chi connectivity index (χ4v) is 6.54. The first kappa shape index (κ1) is 27.7. The molecule has 2 aliphatic carbocycles. The van der Waals surface area contributed by atoms with Crippen LogP contribution in [0.25, 0.3) is 11.0 Å². The van der Waals surface area contributed by atoms with E-state index in [-0.39, 0.29) is 30.9 Å². The Morgan fingerprint density at radius 1 is 1.20 bits per heavy atom. The van der Waals surface area contributed by atoms with Gasteiger partial charge in [0.2, 0.25) is 5.91 Å². The van der Waals surface area contributed by atoms with Crippen molar-refractivity contribution in [3.8, 4) is 0 Å². The molecule has 2 amide bonds. The first-order valence-electron chi connectivity index (χ1n) is 14.4. The van der Waals surface area contributed by atoms with Crippen LogP contribution in [-0.4, -0.2) is 57.5 Å². The number of nitrogens with zero attached hydrogens (tertiary/aromatic N) is 3. The lowest BCUT2D eigenvalue weighted by Crippen LogP contribution is -2.38. The van der Waals surface area contributed by atoms with E-state index < -0.39 is 30.0 Å². The van der Waals surface area contributed by atoms with Crippen molar-refractivity contribution >= 4 is 22.8 Å². The summed E-state index contributed by atoms with van der Waals surface area (Å²) >= 11 is 0. The Kier molecular flexibility index (Phi) is 7.29. The quantitative estimate of drug-likeness (QED) is 0.314. The molecule has 2 unspecified atom stereocenters. The van der Waals surface area contributed by atoms with Gasteiger partial charge in [0.1, 0.15) is 17.6 Å². The zero-order valence-corrected chi connectivity index (χ0v) is 23.1. The number of alkyl halides is 3. The summed E-state index contributed by atoms with van der Waals surface area (Å²) in [6, 6.07) is 4.99. The summed E-state index contributed by atoms with van der Waals surface area (Å²) < 4.78 is 47.1. The predicted octanol–water partition coefficient (Wildman–Crippen LogP) is 4.48. The number of H-pyrrole nitrogens is 1. The van der Waals surface area contributed by atoms with Crippen molar-refractivity contribution in [1.82, 2.24) is 30.4 Å². The van der Waals surface area contributed by atoms with Gasteiger partial charge in [0.25, 0.3) is 5.91 Å². The van der Waals surface area contributed by atoms with Crippen LogP contribution >= 0.6 is 0 Å². The van der Waals surface area contributed by atoms with Gasteiger partial charge in [-0.1, -0.05) is 6.07 Å². The minimum atomic E-state index is -4.50. The molecule has 1 saturated heterocycles. The van der Waals surface area contributed by atoms with Gasteiger partial charge in [0.05, 0.1) is 23.7 Å². The van der Waals surface area contributed by atoms with E-state index in [1.807, 2.05) is 19.1 Å². The number of hydrogen-bond acceptors (Lipinski definition) is 5. The number of halogens is 3. The van der Waals surface area contributed by atoms with Crippen LogP contribution in [0.2, 0.25) is 0 Å². The minimum Gasteiger partial charge on any atom is -0.384 e. The lowest BCUT2D eigenvalue weighted by atomic mass is 9.84.